The minimum absolute atomic E-state index is 0.0379. The summed E-state index contributed by atoms with van der Waals surface area (Å²) in [4.78, 5) is 30.9. The van der Waals surface area contributed by atoms with Crippen molar-refractivity contribution in [2.45, 2.75) is 18.4 Å². The largest absolute Gasteiger partial charge is 0.417 e. The number of fused-ring (bicyclic) bond motifs is 1. The third kappa shape index (κ3) is 3.71. The SMILES string of the molecule is O=C(c1ccc(-c2ccc3oc(=O)[nH]c3c2)cc1)N1CCN(CC2(O)CC2)CC1. The lowest BCUT2D eigenvalue weighted by molar-refractivity contribution is 0.0473. The van der Waals surface area contributed by atoms with Crippen molar-refractivity contribution in [3.05, 3.63) is 58.6 Å². The van der Waals surface area contributed by atoms with E-state index in [9.17, 15) is 14.7 Å². The van der Waals surface area contributed by atoms with E-state index in [1.165, 1.54) is 0 Å². The Hall–Kier alpha value is -2.90. The van der Waals surface area contributed by atoms with Crippen LogP contribution in [0.15, 0.2) is 51.7 Å². The molecule has 1 aromatic heterocycles. The maximum atomic E-state index is 12.8. The molecule has 150 valence electrons. The minimum atomic E-state index is -0.478. The number of carbonyl (C=O) groups is 1. The van der Waals surface area contributed by atoms with Gasteiger partial charge in [0.05, 0.1) is 11.1 Å². The molecule has 7 heteroatoms. The molecular formula is C22H23N3O4. The van der Waals surface area contributed by atoms with Gasteiger partial charge in [-0.2, -0.15) is 0 Å². The summed E-state index contributed by atoms with van der Waals surface area (Å²) in [5.41, 5.74) is 3.28. The molecule has 0 bridgehead atoms. The number of rotatable bonds is 4. The third-order valence-corrected chi connectivity index (χ3v) is 5.89. The highest BCUT2D eigenvalue weighted by molar-refractivity contribution is 5.95. The summed E-state index contributed by atoms with van der Waals surface area (Å²) in [6.45, 7) is 3.68. The zero-order valence-corrected chi connectivity index (χ0v) is 16.1. The minimum Gasteiger partial charge on any atom is -0.408 e. The van der Waals surface area contributed by atoms with Crippen LogP contribution in [0.3, 0.4) is 0 Å². The first-order chi connectivity index (χ1) is 14.0. The van der Waals surface area contributed by atoms with Crippen LogP contribution in [0.2, 0.25) is 0 Å². The van der Waals surface area contributed by atoms with Gasteiger partial charge in [-0.15, -0.1) is 0 Å². The van der Waals surface area contributed by atoms with Gasteiger partial charge in [-0.1, -0.05) is 18.2 Å². The molecule has 1 saturated heterocycles. The van der Waals surface area contributed by atoms with Gasteiger partial charge >= 0.3 is 5.76 Å². The Kier molecular flexibility index (Phi) is 4.29. The highest BCUT2D eigenvalue weighted by Gasteiger charge is 2.42. The van der Waals surface area contributed by atoms with Gasteiger partial charge in [0, 0.05) is 38.3 Å². The van der Waals surface area contributed by atoms with Crippen molar-refractivity contribution in [1.29, 1.82) is 0 Å². The van der Waals surface area contributed by atoms with Gasteiger partial charge in [0.1, 0.15) is 0 Å². The van der Waals surface area contributed by atoms with Gasteiger partial charge in [-0.25, -0.2) is 4.79 Å². The van der Waals surface area contributed by atoms with Crippen LogP contribution in [0.1, 0.15) is 23.2 Å². The number of oxazole rings is 1. The highest BCUT2D eigenvalue weighted by Crippen LogP contribution is 2.35. The van der Waals surface area contributed by atoms with Crippen LogP contribution in [0, 0.1) is 0 Å². The zero-order valence-electron chi connectivity index (χ0n) is 16.1. The molecule has 29 heavy (non-hydrogen) atoms. The summed E-state index contributed by atoms with van der Waals surface area (Å²) in [5, 5.41) is 10.1. The third-order valence-electron chi connectivity index (χ3n) is 5.89. The van der Waals surface area contributed by atoms with Gasteiger partial charge in [-0.05, 0) is 48.2 Å². The molecule has 1 amide bonds. The molecule has 2 aliphatic rings. The van der Waals surface area contributed by atoms with Gasteiger partial charge in [0.2, 0.25) is 0 Å². The van der Waals surface area contributed by atoms with Crippen molar-refractivity contribution < 1.29 is 14.3 Å². The highest BCUT2D eigenvalue weighted by atomic mass is 16.4. The molecule has 2 heterocycles. The van der Waals surface area contributed by atoms with E-state index in [1.807, 2.05) is 41.3 Å². The molecule has 5 rings (SSSR count). The van der Waals surface area contributed by atoms with E-state index in [4.69, 9.17) is 4.42 Å². The zero-order chi connectivity index (χ0) is 20.0. The Balaban J connectivity index is 1.25. The van der Waals surface area contributed by atoms with Crippen molar-refractivity contribution in [3.8, 4) is 11.1 Å². The van der Waals surface area contributed by atoms with Crippen molar-refractivity contribution in [2.24, 2.45) is 0 Å². The van der Waals surface area contributed by atoms with Crippen LogP contribution < -0.4 is 5.76 Å². The summed E-state index contributed by atoms with van der Waals surface area (Å²) in [6, 6.07) is 13.1. The van der Waals surface area contributed by atoms with E-state index >= 15 is 0 Å². The number of nitrogens with zero attached hydrogens (tertiary/aromatic N) is 2. The van der Waals surface area contributed by atoms with E-state index in [0.29, 0.717) is 29.8 Å². The second-order valence-electron chi connectivity index (χ2n) is 8.10. The topological polar surface area (TPSA) is 89.8 Å². The fourth-order valence-corrected chi connectivity index (χ4v) is 3.95. The number of aromatic amines is 1. The van der Waals surface area contributed by atoms with Crippen LogP contribution in [0.4, 0.5) is 0 Å². The Bertz CT molecular complexity index is 1100. The standard InChI is InChI=1S/C22H23N3O4/c26-20(25-11-9-24(10-12-25)14-22(28)7-8-22)16-3-1-15(2-4-16)17-5-6-19-18(13-17)23-21(27)29-19/h1-6,13,28H,7-12,14H2,(H,23,27). The van der Waals surface area contributed by atoms with Gasteiger partial charge < -0.3 is 14.4 Å². The van der Waals surface area contributed by atoms with Crippen LogP contribution in [-0.4, -0.2) is 64.1 Å². The Labute approximate surface area is 167 Å². The predicted octanol–water partition coefficient (Wildman–Crippen LogP) is 2.07. The van der Waals surface area contributed by atoms with Crippen molar-refractivity contribution in [3.63, 3.8) is 0 Å². The van der Waals surface area contributed by atoms with Crippen LogP contribution >= 0.6 is 0 Å². The number of carbonyl (C=O) groups excluding carboxylic acids is 1. The Morgan fingerprint density at radius 1 is 1.03 bits per heavy atom. The predicted molar refractivity (Wildman–Crippen MR) is 109 cm³/mol. The maximum Gasteiger partial charge on any atom is 0.417 e. The van der Waals surface area contributed by atoms with Crippen LogP contribution in [-0.2, 0) is 0 Å². The summed E-state index contributed by atoms with van der Waals surface area (Å²) in [7, 11) is 0. The van der Waals surface area contributed by atoms with E-state index in [-0.39, 0.29) is 5.91 Å². The van der Waals surface area contributed by atoms with E-state index in [0.717, 1.165) is 43.6 Å². The molecule has 1 aliphatic carbocycles. The molecule has 0 radical (unpaired) electrons. The number of amides is 1. The van der Waals surface area contributed by atoms with Gasteiger partial charge in [0.25, 0.3) is 5.91 Å². The number of H-pyrrole nitrogens is 1. The molecule has 2 fully saturated rings. The maximum absolute atomic E-state index is 12.8. The van der Waals surface area contributed by atoms with E-state index < -0.39 is 11.4 Å². The lowest BCUT2D eigenvalue weighted by Gasteiger charge is -2.35. The molecule has 2 N–H and O–H groups in total. The van der Waals surface area contributed by atoms with Crippen LogP contribution in [0.25, 0.3) is 22.2 Å². The average molecular weight is 393 g/mol. The normalized spacial score (nSPS) is 18.9. The molecule has 3 aromatic rings. The van der Waals surface area contributed by atoms with Crippen molar-refractivity contribution in [1.82, 2.24) is 14.8 Å². The fourth-order valence-electron chi connectivity index (χ4n) is 3.95. The number of nitrogens with one attached hydrogen (secondary N) is 1. The average Bonchev–Trinajstić information content (AvgIpc) is 3.33. The number of β-amino-alcohol motifs (C(OH)–C–C–N with tert-alkyl or cyclic N) is 1. The molecule has 0 unspecified atom stereocenters. The fraction of sp³-hybridized carbons (Fsp3) is 0.364. The summed E-state index contributed by atoms with van der Waals surface area (Å²) in [6.07, 6.45) is 1.78. The Morgan fingerprint density at radius 2 is 1.72 bits per heavy atom. The van der Waals surface area contributed by atoms with Gasteiger partial charge in [0.15, 0.2) is 5.58 Å². The molecule has 0 spiro atoms. The lowest BCUT2D eigenvalue weighted by Crippen LogP contribution is -2.50. The van der Waals surface area contributed by atoms with Crippen molar-refractivity contribution in [2.75, 3.05) is 32.7 Å². The molecule has 2 aromatic carbocycles. The lowest BCUT2D eigenvalue weighted by atomic mass is 10.0. The van der Waals surface area contributed by atoms with E-state index in [2.05, 4.69) is 9.88 Å². The van der Waals surface area contributed by atoms with Crippen LogP contribution in [0.5, 0.6) is 0 Å². The molecule has 1 aliphatic heterocycles. The first-order valence-electron chi connectivity index (χ1n) is 9.96. The summed E-state index contributed by atoms with van der Waals surface area (Å²) >= 11 is 0. The monoisotopic (exact) mass is 393 g/mol. The number of piperazine rings is 1. The number of hydrogen-bond donors (Lipinski definition) is 2. The summed E-state index contributed by atoms with van der Waals surface area (Å²) < 4.78 is 5.04. The second-order valence-corrected chi connectivity index (χ2v) is 8.10. The number of aliphatic hydroxyl groups is 1. The quantitative estimate of drug-likeness (QED) is 0.708. The molecule has 0 atom stereocenters. The first-order valence-corrected chi connectivity index (χ1v) is 9.96. The van der Waals surface area contributed by atoms with Gasteiger partial charge in [-0.3, -0.25) is 14.7 Å². The second kappa shape index (κ2) is 6.86. The number of hydrogen-bond acceptors (Lipinski definition) is 5. The first kappa shape index (κ1) is 18.1. The van der Waals surface area contributed by atoms with E-state index in [1.54, 1.807) is 6.07 Å². The smallest absolute Gasteiger partial charge is 0.408 e. The number of aromatic nitrogens is 1. The molecular weight excluding hydrogens is 370 g/mol. The number of benzene rings is 2. The molecule has 7 nitrogen and oxygen atoms in total. The summed E-state index contributed by atoms with van der Waals surface area (Å²) in [5.74, 6) is -0.430. The van der Waals surface area contributed by atoms with Crippen molar-refractivity contribution >= 4 is 17.0 Å². The Morgan fingerprint density at radius 3 is 2.41 bits per heavy atom. The molecule has 1 saturated carbocycles.